The van der Waals surface area contributed by atoms with Crippen LogP contribution >= 0.6 is 7.82 Å². The third-order valence-electron chi connectivity index (χ3n) is 4.98. The highest BCUT2D eigenvalue weighted by atomic mass is 31.2. The molecule has 1 amide bonds. The number of carbonyl (C=O) groups excluding carboxylic acids is 1. The Morgan fingerprint density at radius 3 is 2.00 bits per heavy atom. The maximum absolute atomic E-state index is 11.8. The molecule has 0 aromatic heterocycles. The molecule has 0 fully saturated rings. The van der Waals surface area contributed by atoms with Crippen LogP contribution in [0.2, 0.25) is 0 Å². The third-order valence-corrected chi connectivity index (χ3v) is 5.97. The van der Waals surface area contributed by atoms with Crippen LogP contribution < -0.4 is 5.32 Å². The number of nitrogens with one attached hydrogen (secondary N) is 1. The van der Waals surface area contributed by atoms with Gasteiger partial charge in [-0.1, -0.05) is 90.2 Å². The molecule has 0 radical (unpaired) electrons. The zero-order valence-electron chi connectivity index (χ0n) is 19.9. The van der Waals surface area contributed by atoms with Crippen LogP contribution in [0, 0.1) is 0 Å². The van der Waals surface area contributed by atoms with E-state index in [9.17, 15) is 19.4 Å². The molecule has 7 nitrogen and oxygen atoms in total. The zero-order valence-corrected chi connectivity index (χ0v) is 20.8. The number of allylic oxidation sites excluding steroid dienone is 1. The molecule has 0 spiro atoms. The van der Waals surface area contributed by atoms with Crippen molar-refractivity contribution in [2.45, 2.75) is 116 Å². The average Bonchev–Trinajstić information content (AvgIpc) is 2.72. The molecule has 8 heteroatoms. The predicted molar refractivity (Wildman–Crippen MR) is 126 cm³/mol. The summed E-state index contributed by atoms with van der Waals surface area (Å²) in [7, 11) is -4.19. The van der Waals surface area contributed by atoms with E-state index in [1.54, 1.807) is 6.08 Å². The largest absolute Gasteiger partial charge is 0.472 e. The van der Waals surface area contributed by atoms with Crippen molar-refractivity contribution in [3.05, 3.63) is 12.2 Å². The van der Waals surface area contributed by atoms with Gasteiger partial charge in [0.15, 0.2) is 0 Å². The number of carbonyl (C=O) groups is 1. The van der Waals surface area contributed by atoms with E-state index in [2.05, 4.69) is 12.2 Å². The molecule has 0 saturated heterocycles. The fourth-order valence-corrected chi connectivity index (χ4v) is 4.04. The van der Waals surface area contributed by atoms with Crippen LogP contribution in [0.1, 0.15) is 104 Å². The molecule has 0 heterocycles. The van der Waals surface area contributed by atoms with Crippen molar-refractivity contribution in [3.63, 3.8) is 0 Å². The highest BCUT2D eigenvalue weighted by Gasteiger charge is 2.26. The van der Waals surface area contributed by atoms with Gasteiger partial charge >= 0.3 is 7.82 Å². The second kappa shape index (κ2) is 19.9. The van der Waals surface area contributed by atoms with Crippen molar-refractivity contribution in [1.29, 1.82) is 0 Å². The molecule has 3 N–H and O–H groups in total. The number of rotatable bonds is 21. The molecule has 31 heavy (non-hydrogen) atoms. The molecule has 184 valence electrons. The number of aliphatic hydroxyl groups is 1. The molecule has 0 aliphatic heterocycles. The molecular weight excluding hydrogens is 417 g/mol. The van der Waals surface area contributed by atoms with Crippen LogP contribution in [0.3, 0.4) is 0 Å². The Hall–Kier alpha value is -0.720. The van der Waals surface area contributed by atoms with Gasteiger partial charge in [0, 0.05) is 6.92 Å². The van der Waals surface area contributed by atoms with Crippen molar-refractivity contribution < 1.29 is 28.4 Å². The number of amides is 1. The van der Waals surface area contributed by atoms with Gasteiger partial charge in [-0.3, -0.25) is 13.8 Å². The normalized spacial score (nSPS) is 15.6. The molecule has 1 unspecified atom stereocenters. The van der Waals surface area contributed by atoms with E-state index >= 15 is 0 Å². The minimum Gasteiger partial charge on any atom is -0.387 e. The van der Waals surface area contributed by atoms with E-state index in [1.807, 2.05) is 13.0 Å². The number of phosphoric ester groups is 1. The lowest BCUT2D eigenvalue weighted by Gasteiger charge is -2.22. The summed E-state index contributed by atoms with van der Waals surface area (Å²) in [5.41, 5.74) is 0. The first-order chi connectivity index (χ1) is 14.8. The summed E-state index contributed by atoms with van der Waals surface area (Å²) in [6.45, 7) is 5.15. The fourth-order valence-electron chi connectivity index (χ4n) is 3.20. The minimum absolute atomic E-state index is 0.0972. The van der Waals surface area contributed by atoms with Crippen molar-refractivity contribution in [2.75, 3.05) is 13.2 Å². The monoisotopic (exact) mass is 463 g/mol. The maximum Gasteiger partial charge on any atom is 0.472 e. The summed E-state index contributed by atoms with van der Waals surface area (Å²) in [6.07, 6.45) is 18.0. The SMILES string of the molecule is CCCCCCCCCCCCC/C=C/[C@@H](O)[C@H](COP(=O)(O)OCCC)NC(C)=O. The Bertz CT molecular complexity index is 514. The lowest BCUT2D eigenvalue weighted by molar-refractivity contribution is -0.120. The first kappa shape index (κ1) is 30.3. The van der Waals surface area contributed by atoms with Gasteiger partial charge in [0.1, 0.15) is 0 Å². The summed E-state index contributed by atoms with van der Waals surface area (Å²) in [5.74, 6) is -0.353. The fraction of sp³-hybridized carbons (Fsp3) is 0.870. The lowest BCUT2D eigenvalue weighted by Crippen LogP contribution is -2.44. The molecule has 0 aromatic carbocycles. The molecule has 0 aromatic rings. The molecule has 0 bridgehead atoms. The van der Waals surface area contributed by atoms with Gasteiger partial charge in [-0.25, -0.2) is 4.57 Å². The van der Waals surface area contributed by atoms with Crippen molar-refractivity contribution >= 4 is 13.7 Å². The van der Waals surface area contributed by atoms with E-state index in [0.717, 1.165) is 19.3 Å². The number of aliphatic hydroxyl groups excluding tert-OH is 1. The highest BCUT2D eigenvalue weighted by molar-refractivity contribution is 7.47. The van der Waals surface area contributed by atoms with E-state index in [1.165, 1.54) is 64.7 Å². The van der Waals surface area contributed by atoms with Crippen LogP contribution in [0.25, 0.3) is 0 Å². The molecule has 0 saturated carbocycles. The quantitative estimate of drug-likeness (QED) is 0.115. The first-order valence-electron chi connectivity index (χ1n) is 12.1. The summed E-state index contributed by atoms with van der Waals surface area (Å²) in [6, 6.07) is -0.822. The van der Waals surface area contributed by atoms with E-state index in [0.29, 0.717) is 6.42 Å². The van der Waals surface area contributed by atoms with Gasteiger partial charge < -0.3 is 15.3 Å². The minimum atomic E-state index is -4.19. The van der Waals surface area contributed by atoms with E-state index < -0.39 is 20.0 Å². The highest BCUT2D eigenvalue weighted by Crippen LogP contribution is 2.43. The summed E-state index contributed by atoms with van der Waals surface area (Å²) >= 11 is 0. The van der Waals surface area contributed by atoms with Crippen molar-refractivity contribution in [3.8, 4) is 0 Å². The summed E-state index contributed by atoms with van der Waals surface area (Å²) in [5, 5.41) is 12.9. The number of hydrogen-bond donors (Lipinski definition) is 3. The summed E-state index contributed by atoms with van der Waals surface area (Å²) in [4.78, 5) is 21.0. The Balaban J connectivity index is 4.03. The van der Waals surface area contributed by atoms with E-state index in [-0.39, 0.29) is 19.1 Å². The number of hydrogen-bond acceptors (Lipinski definition) is 5. The summed E-state index contributed by atoms with van der Waals surface area (Å²) < 4.78 is 21.5. The van der Waals surface area contributed by atoms with Gasteiger partial charge in [-0.05, 0) is 19.3 Å². The maximum atomic E-state index is 11.8. The van der Waals surface area contributed by atoms with Crippen LogP contribution in [0.15, 0.2) is 12.2 Å². The van der Waals surface area contributed by atoms with Crippen LogP contribution in [-0.4, -0.2) is 41.3 Å². The predicted octanol–water partition coefficient (Wildman–Crippen LogP) is 5.65. The van der Waals surface area contributed by atoms with Gasteiger partial charge in [-0.15, -0.1) is 0 Å². The van der Waals surface area contributed by atoms with Crippen LogP contribution in [0.5, 0.6) is 0 Å². The van der Waals surface area contributed by atoms with E-state index in [4.69, 9.17) is 9.05 Å². The first-order valence-corrected chi connectivity index (χ1v) is 13.6. The standard InChI is InChI=1S/C23H46NO6P/c1-4-6-7-8-9-10-11-12-13-14-15-16-17-18-23(26)22(24-21(3)25)20-30-31(27,28)29-19-5-2/h17-18,22-23,26H,4-16,19-20H2,1-3H3,(H,24,25)(H,27,28)/b18-17+/t22-,23+/m0/s1. The molecule has 0 rings (SSSR count). The van der Waals surface area contributed by atoms with Crippen molar-refractivity contribution in [1.82, 2.24) is 5.32 Å². The molecule has 3 atom stereocenters. The van der Waals surface area contributed by atoms with Crippen molar-refractivity contribution in [2.24, 2.45) is 0 Å². The molecule has 0 aliphatic carbocycles. The van der Waals surface area contributed by atoms with Gasteiger partial charge in [-0.2, -0.15) is 0 Å². The van der Waals surface area contributed by atoms with Gasteiger partial charge in [0.2, 0.25) is 5.91 Å². The van der Waals surface area contributed by atoms with Gasteiger partial charge in [0.25, 0.3) is 0 Å². The second-order valence-corrected chi connectivity index (χ2v) is 9.60. The number of unbranched alkanes of at least 4 members (excludes halogenated alkanes) is 11. The topological polar surface area (TPSA) is 105 Å². The third kappa shape index (κ3) is 19.7. The zero-order chi connectivity index (χ0) is 23.4. The average molecular weight is 464 g/mol. The lowest BCUT2D eigenvalue weighted by atomic mass is 10.0. The van der Waals surface area contributed by atoms with Crippen LogP contribution in [0.4, 0.5) is 0 Å². The molecular formula is C23H46NO6P. The second-order valence-electron chi connectivity index (χ2n) is 8.15. The Morgan fingerprint density at radius 2 is 1.48 bits per heavy atom. The van der Waals surface area contributed by atoms with Gasteiger partial charge in [0.05, 0.1) is 25.4 Å². The smallest absolute Gasteiger partial charge is 0.387 e. The Labute approximate surface area is 189 Å². The Kier molecular flexibility index (Phi) is 19.5. The molecule has 0 aliphatic rings. The number of phosphoric acid groups is 1. The Morgan fingerprint density at radius 1 is 0.935 bits per heavy atom. The van der Waals surface area contributed by atoms with Crippen LogP contribution in [-0.2, 0) is 18.4 Å².